The third-order valence-corrected chi connectivity index (χ3v) is 2.74. The lowest BCUT2D eigenvalue weighted by atomic mass is 10.1. The van der Waals surface area contributed by atoms with Gasteiger partial charge in [-0.1, -0.05) is 12.1 Å². The fourth-order valence-electron chi connectivity index (χ4n) is 1.76. The Balaban J connectivity index is 2.28. The number of rotatable bonds is 3. The van der Waals surface area contributed by atoms with E-state index in [-0.39, 0.29) is 12.4 Å². The Hall–Kier alpha value is -2.38. The Morgan fingerprint density at radius 1 is 1.35 bits per heavy atom. The molecule has 0 atom stereocenters. The molecule has 0 bridgehead atoms. The number of hydrogen-bond acceptors (Lipinski definition) is 3. The van der Waals surface area contributed by atoms with Crippen molar-refractivity contribution in [2.24, 2.45) is 0 Å². The summed E-state index contributed by atoms with van der Waals surface area (Å²) in [5.41, 5.74) is 0.129. The minimum atomic E-state index is -4.42. The topological polar surface area (TPSA) is 61.0 Å². The predicted octanol–water partition coefficient (Wildman–Crippen LogP) is 3.17. The zero-order valence-electron chi connectivity index (χ0n) is 10.4. The molecule has 1 aromatic heterocycles. The van der Waals surface area contributed by atoms with E-state index in [1.54, 1.807) is 6.92 Å². The van der Waals surface area contributed by atoms with Crippen molar-refractivity contribution in [2.45, 2.75) is 19.6 Å². The van der Waals surface area contributed by atoms with Gasteiger partial charge in [0.15, 0.2) is 0 Å². The molecular formula is C12H10F3N3O2. The van der Waals surface area contributed by atoms with E-state index in [4.69, 9.17) is 0 Å². The van der Waals surface area contributed by atoms with Gasteiger partial charge in [-0.2, -0.15) is 17.9 Å². The summed E-state index contributed by atoms with van der Waals surface area (Å²) in [7, 11) is 0. The molecule has 0 aliphatic carbocycles. The molecule has 106 valence electrons. The second-order valence-electron chi connectivity index (χ2n) is 4.26. The van der Waals surface area contributed by atoms with Crippen molar-refractivity contribution in [1.29, 1.82) is 0 Å². The van der Waals surface area contributed by atoms with Crippen LogP contribution in [0.5, 0.6) is 0 Å². The summed E-state index contributed by atoms with van der Waals surface area (Å²) in [6, 6.07) is 6.07. The Kier molecular flexibility index (Phi) is 3.47. The lowest BCUT2D eigenvalue weighted by Gasteiger charge is -2.08. The molecule has 0 fully saturated rings. The summed E-state index contributed by atoms with van der Waals surface area (Å²) in [4.78, 5) is 9.94. The van der Waals surface area contributed by atoms with Crippen LogP contribution in [0.15, 0.2) is 30.3 Å². The average Bonchev–Trinajstić information content (AvgIpc) is 2.70. The number of aromatic nitrogens is 2. The van der Waals surface area contributed by atoms with Crippen molar-refractivity contribution in [3.63, 3.8) is 0 Å². The Bertz CT molecular complexity index is 650. The molecule has 20 heavy (non-hydrogen) atoms. The molecule has 1 aromatic carbocycles. The molecule has 0 radical (unpaired) electrons. The van der Waals surface area contributed by atoms with Crippen LogP contribution in [0.2, 0.25) is 0 Å². The van der Waals surface area contributed by atoms with Gasteiger partial charge in [-0.05, 0) is 29.5 Å². The zero-order chi connectivity index (χ0) is 14.9. The number of nitro groups is 1. The highest BCUT2D eigenvalue weighted by atomic mass is 19.4. The first-order valence-electron chi connectivity index (χ1n) is 5.62. The maximum absolute atomic E-state index is 12.6. The van der Waals surface area contributed by atoms with Gasteiger partial charge in [-0.15, -0.1) is 0 Å². The number of halogens is 3. The molecule has 2 aromatic rings. The van der Waals surface area contributed by atoms with Gasteiger partial charge < -0.3 is 10.1 Å². The van der Waals surface area contributed by atoms with Gasteiger partial charge in [-0.3, -0.25) is 0 Å². The second-order valence-corrected chi connectivity index (χ2v) is 4.26. The summed E-state index contributed by atoms with van der Waals surface area (Å²) in [5, 5.41) is 14.3. The van der Waals surface area contributed by atoms with Crippen LogP contribution in [0.25, 0.3) is 0 Å². The van der Waals surface area contributed by atoms with Crippen LogP contribution in [0, 0.1) is 17.0 Å². The van der Waals surface area contributed by atoms with Crippen molar-refractivity contribution < 1.29 is 18.1 Å². The lowest BCUT2D eigenvalue weighted by molar-refractivity contribution is -0.389. The molecule has 1 heterocycles. The quantitative estimate of drug-likeness (QED) is 0.642. The summed E-state index contributed by atoms with van der Waals surface area (Å²) < 4.78 is 39.1. The zero-order valence-corrected chi connectivity index (χ0v) is 10.4. The number of hydrogen-bond donors (Lipinski definition) is 0. The minimum Gasteiger partial charge on any atom is -0.358 e. The van der Waals surface area contributed by atoms with Crippen LogP contribution in [-0.4, -0.2) is 14.7 Å². The van der Waals surface area contributed by atoms with Crippen molar-refractivity contribution in [2.75, 3.05) is 0 Å². The molecular weight excluding hydrogens is 275 g/mol. The molecule has 0 spiro atoms. The minimum absolute atomic E-state index is 0.0452. The number of nitrogens with zero attached hydrogens (tertiary/aromatic N) is 3. The second kappa shape index (κ2) is 4.95. The Morgan fingerprint density at radius 3 is 2.60 bits per heavy atom. The van der Waals surface area contributed by atoms with E-state index in [0.717, 1.165) is 12.1 Å². The van der Waals surface area contributed by atoms with E-state index >= 15 is 0 Å². The monoisotopic (exact) mass is 285 g/mol. The number of benzene rings is 1. The van der Waals surface area contributed by atoms with Gasteiger partial charge in [0, 0.05) is 0 Å². The van der Waals surface area contributed by atoms with Crippen LogP contribution in [0.4, 0.5) is 19.0 Å². The third kappa shape index (κ3) is 2.95. The van der Waals surface area contributed by atoms with Gasteiger partial charge >= 0.3 is 12.0 Å². The lowest BCUT2D eigenvalue weighted by Crippen LogP contribution is -2.08. The predicted molar refractivity (Wildman–Crippen MR) is 64.2 cm³/mol. The molecule has 0 N–H and O–H groups in total. The summed E-state index contributed by atoms with van der Waals surface area (Å²) in [5.74, 6) is -0.325. The molecule has 2 rings (SSSR count). The fourth-order valence-corrected chi connectivity index (χ4v) is 1.76. The largest absolute Gasteiger partial charge is 0.416 e. The number of alkyl halides is 3. The maximum Gasteiger partial charge on any atom is 0.416 e. The highest BCUT2D eigenvalue weighted by Gasteiger charge is 2.30. The van der Waals surface area contributed by atoms with Crippen LogP contribution < -0.4 is 0 Å². The van der Waals surface area contributed by atoms with Gasteiger partial charge in [0.25, 0.3) is 0 Å². The molecule has 0 amide bonds. The summed E-state index contributed by atoms with van der Waals surface area (Å²) >= 11 is 0. The van der Waals surface area contributed by atoms with E-state index in [1.807, 2.05) is 0 Å². The van der Waals surface area contributed by atoms with Gasteiger partial charge in [0.1, 0.15) is 0 Å². The van der Waals surface area contributed by atoms with Crippen molar-refractivity contribution in [3.05, 3.63) is 57.3 Å². The van der Waals surface area contributed by atoms with Crippen molar-refractivity contribution >= 4 is 5.82 Å². The van der Waals surface area contributed by atoms with E-state index in [0.29, 0.717) is 11.3 Å². The molecule has 8 heteroatoms. The first-order chi connectivity index (χ1) is 9.27. The normalized spacial score (nSPS) is 11.6. The van der Waals surface area contributed by atoms with E-state index in [9.17, 15) is 23.3 Å². The van der Waals surface area contributed by atoms with Crippen molar-refractivity contribution in [3.8, 4) is 0 Å². The van der Waals surface area contributed by atoms with Gasteiger partial charge in [0.2, 0.25) is 0 Å². The maximum atomic E-state index is 12.6. The van der Waals surface area contributed by atoms with Crippen molar-refractivity contribution in [1.82, 2.24) is 9.78 Å². The van der Waals surface area contributed by atoms with Crippen LogP contribution >= 0.6 is 0 Å². The average molecular weight is 285 g/mol. The Labute approximate surface area is 111 Å². The first kappa shape index (κ1) is 14.0. The number of aryl methyl sites for hydroxylation is 1. The van der Waals surface area contributed by atoms with E-state index < -0.39 is 16.7 Å². The standard InChI is InChI=1S/C12H10F3N3O2/c1-8-5-11(18(19)20)16-17(8)7-9-3-2-4-10(6-9)12(13,14)15/h2-6H,7H2,1H3. The molecule has 0 unspecified atom stereocenters. The first-order valence-corrected chi connectivity index (χ1v) is 5.62. The SMILES string of the molecule is Cc1cc([N+](=O)[O-])nn1Cc1cccc(C(F)(F)F)c1. The molecule has 0 aliphatic rings. The summed E-state index contributed by atoms with van der Waals surface area (Å²) in [6.45, 7) is 1.65. The molecule has 5 nitrogen and oxygen atoms in total. The van der Waals surface area contributed by atoms with Crippen LogP contribution in [-0.2, 0) is 12.7 Å². The highest BCUT2D eigenvalue weighted by Crippen LogP contribution is 2.29. The fraction of sp³-hybridized carbons (Fsp3) is 0.250. The molecule has 0 saturated carbocycles. The van der Waals surface area contributed by atoms with Crippen LogP contribution in [0.3, 0.4) is 0 Å². The van der Waals surface area contributed by atoms with Gasteiger partial charge in [0.05, 0.1) is 29.0 Å². The molecule has 0 aliphatic heterocycles. The highest BCUT2D eigenvalue weighted by molar-refractivity contribution is 5.27. The van der Waals surface area contributed by atoms with E-state index in [2.05, 4.69) is 5.10 Å². The van der Waals surface area contributed by atoms with E-state index in [1.165, 1.54) is 22.9 Å². The van der Waals surface area contributed by atoms with Gasteiger partial charge in [-0.25, -0.2) is 0 Å². The Morgan fingerprint density at radius 2 is 2.05 bits per heavy atom. The smallest absolute Gasteiger partial charge is 0.358 e. The third-order valence-electron chi connectivity index (χ3n) is 2.74. The summed E-state index contributed by atoms with van der Waals surface area (Å²) in [6.07, 6.45) is -4.42. The van der Waals surface area contributed by atoms with Crippen LogP contribution in [0.1, 0.15) is 16.8 Å². The molecule has 0 saturated heterocycles.